The van der Waals surface area contributed by atoms with Gasteiger partial charge in [0.05, 0.1) is 6.10 Å². The van der Waals surface area contributed by atoms with Crippen LogP contribution in [0.1, 0.15) is 112 Å². The molecule has 1 nitrogen and oxygen atoms in total. The van der Waals surface area contributed by atoms with E-state index < -0.39 is 0 Å². The Bertz CT molecular complexity index is 634. The van der Waals surface area contributed by atoms with Gasteiger partial charge < -0.3 is 5.11 Å². The molecular formula is C29H50O. The molecule has 3 fully saturated rings. The Balaban J connectivity index is 1.56. The van der Waals surface area contributed by atoms with Crippen molar-refractivity contribution in [2.24, 2.45) is 52.3 Å². The Morgan fingerprint density at radius 3 is 2.47 bits per heavy atom. The zero-order chi connectivity index (χ0) is 21.7. The minimum atomic E-state index is -0.0882. The predicted molar refractivity (Wildman–Crippen MR) is 128 cm³/mol. The van der Waals surface area contributed by atoms with E-state index in [1.165, 1.54) is 57.8 Å². The first-order chi connectivity index (χ1) is 14.2. The minimum Gasteiger partial charge on any atom is -0.393 e. The van der Waals surface area contributed by atoms with Crippen LogP contribution in [0.25, 0.3) is 0 Å². The molecule has 4 rings (SSSR count). The summed E-state index contributed by atoms with van der Waals surface area (Å²) in [7, 11) is 0. The molecule has 0 aromatic rings. The molecule has 3 saturated carbocycles. The van der Waals surface area contributed by atoms with Crippen LogP contribution in [0, 0.1) is 52.3 Å². The maximum Gasteiger partial charge on any atom is 0.0577 e. The summed E-state index contributed by atoms with van der Waals surface area (Å²) in [4.78, 5) is 0. The van der Waals surface area contributed by atoms with Crippen molar-refractivity contribution in [1.82, 2.24) is 0 Å². The van der Waals surface area contributed by atoms with Gasteiger partial charge in [0.2, 0.25) is 0 Å². The van der Waals surface area contributed by atoms with Crippen molar-refractivity contribution in [3.63, 3.8) is 0 Å². The van der Waals surface area contributed by atoms with Gasteiger partial charge in [-0.3, -0.25) is 0 Å². The van der Waals surface area contributed by atoms with E-state index in [1.807, 2.05) is 0 Å². The molecule has 0 bridgehead atoms. The topological polar surface area (TPSA) is 20.2 Å². The Morgan fingerprint density at radius 2 is 1.77 bits per heavy atom. The van der Waals surface area contributed by atoms with Crippen molar-refractivity contribution in [1.29, 1.82) is 0 Å². The van der Waals surface area contributed by atoms with Gasteiger partial charge in [-0.15, -0.1) is 0 Å². The lowest BCUT2D eigenvalue weighted by molar-refractivity contribution is -0.0762. The molecule has 30 heavy (non-hydrogen) atoms. The summed E-state index contributed by atoms with van der Waals surface area (Å²) in [6.07, 6.45) is 17.2. The summed E-state index contributed by atoms with van der Waals surface area (Å²) in [5.41, 5.74) is 2.58. The molecule has 4 aliphatic rings. The Kier molecular flexibility index (Phi) is 6.53. The second kappa shape index (κ2) is 8.57. The van der Waals surface area contributed by atoms with Gasteiger partial charge in [0.1, 0.15) is 0 Å². The summed E-state index contributed by atoms with van der Waals surface area (Å²) in [5.74, 6) is 6.13. The van der Waals surface area contributed by atoms with Crippen molar-refractivity contribution in [3.8, 4) is 0 Å². The first-order valence-electron chi connectivity index (χ1n) is 13.6. The van der Waals surface area contributed by atoms with E-state index in [-0.39, 0.29) is 6.10 Å². The van der Waals surface area contributed by atoms with E-state index >= 15 is 0 Å². The lowest BCUT2D eigenvalue weighted by atomic mass is 9.44. The number of aliphatic hydroxyl groups is 1. The smallest absolute Gasteiger partial charge is 0.0577 e. The highest BCUT2D eigenvalue weighted by Gasteiger charge is 2.60. The van der Waals surface area contributed by atoms with Crippen molar-refractivity contribution < 1.29 is 5.11 Å². The fraction of sp³-hybridized carbons (Fsp3) is 0.931. The molecule has 0 radical (unpaired) electrons. The largest absolute Gasteiger partial charge is 0.393 e. The van der Waals surface area contributed by atoms with Gasteiger partial charge in [0.25, 0.3) is 0 Å². The van der Waals surface area contributed by atoms with Crippen LogP contribution in [0.15, 0.2) is 11.6 Å². The molecule has 9 atom stereocenters. The van der Waals surface area contributed by atoms with Gasteiger partial charge >= 0.3 is 0 Å². The lowest BCUT2D eigenvalue weighted by Gasteiger charge is -2.60. The van der Waals surface area contributed by atoms with E-state index in [2.05, 4.69) is 47.6 Å². The highest BCUT2D eigenvalue weighted by atomic mass is 16.3. The number of hydrogen-bond acceptors (Lipinski definition) is 1. The molecule has 172 valence electrons. The Morgan fingerprint density at radius 1 is 1.00 bits per heavy atom. The van der Waals surface area contributed by atoms with E-state index in [0.717, 1.165) is 54.3 Å². The van der Waals surface area contributed by atoms with Gasteiger partial charge in [-0.05, 0) is 104 Å². The monoisotopic (exact) mass is 414 g/mol. The summed E-state index contributed by atoms with van der Waals surface area (Å²) in [6, 6.07) is 0. The fourth-order valence-electron chi connectivity index (χ4n) is 9.22. The number of aliphatic hydroxyl groups excluding tert-OH is 1. The molecule has 0 saturated heterocycles. The molecule has 4 aliphatic carbocycles. The zero-order valence-electron chi connectivity index (χ0n) is 20.9. The molecule has 0 aliphatic heterocycles. The number of rotatable bonds is 6. The van der Waals surface area contributed by atoms with Crippen molar-refractivity contribution in [3.05, 3.63) is 11.6 Å². The normalized spacial score (nSPS) is 46.7. The molecule has 0 spiro atoms. The van der Waals surface area contributed by atoms with Crippen LogP contribution >= 0.6 is 0 Å². The third-order valence-electron chi connectivity index (χ3n) is 10.9. The summed E-state index contributed by atoms with van der Waals surface area (Å²) >= 11 is 0. The van der Waals surface area contributed by atoms with Gasteiger partial charge in [-0.2, -0.15) is 0 Å². The molecule has 0 aromatic heterocycles. The molecule has 0 aromatic carbocycles. The number of hydrogen-bond donors (Lipinski definition) is 1. The van der Waals surface area contributed by atoms with Crippen LogP contribution < -0.4 is 0 Å². The molecule has 0 amide bonds. The third kappa shape index (κ3) is 3.74. The van der Waals surface area contributed by atoms with Crippen LogP contribution in [-0.2, 0) is 0 Å². The van der Waals surface area contributed by atoms with Gasteiger partial charge in [-0.1, -0.05) is 72.5 Å². The summed E-state index contributed by atoms with van der Waals surface area (Å²) in [6.45, 7) is 15.1. The highest BCUT2D eigenvalue weighted by molar-refractivity contribution is 5.27. The SMILES string of the molecule is CCC1C=C2C[C@@H](O)CC[C@]2(C)C2CC[C@@]3(C)C(CC[C@@H]3C(C)CCCC(C)C)C12. The summed E-state index contributed by atoms with van der Waals surface area (Å²) in [5, 5.41) is 10.4. The fourth-order valence-corrected chi connectivity index (χ4v) is 9.22. The highest BCUT2D eigenvalue weighted by Crippen LogP contribution is 2.68. The maximum absolute atomic E-state index is 10.4. The van der Waals surface area contributed by atoms with Crippen LogP contribution in [0.4, 0.5) is 0 Å². The number of allylic oxidation sites excluding steroid dienone is 1. The molecule has 1 heteroatoms. The van der Waals surface area contributed by atoms with Crippen molar-refractivity contribution in [2.75, 3.05) is 0 Å². The Hall–Kier alpha value is -0.300. The first-order valence-corrected chi connectivity index (χ1v) is 13.6. The van der Waals surface area contributed by atoms with Crippen LogP contribution in [0.3, 0.4) is 0 Å². The van der Waals surface area contributed by atoms with Crippen LogP contribution in [0.5, 0.6) is 0 Å². The van der Waals surface area contributed by atoms with Gasteiger partial charge in [0, 0.05) is 0 Å². The second-order valence-corrected chi connectivity index (χ2v) is 12.9. The van der Waals surface area contributed by atoms with Gasteiger partial charge in [0.15, 0.2) is 0 Å². The zero-order valence-corrected chi connectivity index (χ0v) is 20.9. The quantitative estimate of drug-likeness (QED) is 0.436. The Labute approximate surface area is 187 Å². The van der Waals surface area contributed by atoms with Crippen molar-refractivity contribution >= 4 is 0 Å². The standard InChI is InChI=1S/C29H50O/c1-7-21-17-22-18-23(30)13-15-28(22,5)26-14-16-29(6)24(11-12-25(29)27(21)26)20(4)10-8-9-19(2)3/h17,19-21,23-27,30H,7-16,18H2,1-6H3/t20?,21?,23-,24+,25?,26?,27?,28-,29+/m0/s1. The average Bonchev–Trinajstić information content (AvgIpc) is 3.05. The van der Waals surface area contributed by atoms with Crippen LogP contribution in [0.2, 0.25) is 0 Å². The van der Waals surface area contributed by atoms with Crippen LogP contribution in [-0.4, -0.2) is 11.2 Å². The number of fused-ring (bicyclic) bond motifs is 5. The molecule has 0 heterocycles. The van der Waals surface area contributed by atoms with E-state index in [0.29, 0.717) is 10.8 Å². The molecule has 5 unspecified atom stereocenters. The molecular weight excluding hydrogens is 364 g/mol. The second-order valence-electron chi connectivity index (χ2n) is 12.9. The lowest BCUT2D eigenvalue weighted by Crippen LogP contribution is -2.53. The van der Waals surface area contributed by atoms with E-state index in [9.17, 15) is 5.11 Å². The van der Waals surface area contributed by atoms with Gasteiger partial charge in [-0.25, -0.2) is 0 Å². The van der Waals surface area contributed by atoms with E-state index in [1.54, 1.807) is 5.57 Å². The van der Waals surface area contributed by atoms with E-state index in [4.69, 9.17) is 0 Å². The molecule has 1 N–H and O–H groups in total. The maximum atomic E-state index is 10.4. The van der Waals surface area contributed by atoms with Crippen molar-refractivity contribution in [2.45, 2.75) is 118 Å². The summed E-state index contributed by atoms with van der Waals surface area (Å²) < 4.78 is 0. The first kappa shape index (κ1) is 22.9. The third-order valence-corrected chi connectivity index (χ3v) is 10.9. The average molecular weight is 415 g/mol. The predicted octanol–water partition coefficient (Wildman–Crippen LogP) is 8.02. The minimum absolute atomic E-state index is 0.0882.